The largest absolute Gasteiger partial charge is 0.455 e. The molecule has 2 rings (SSSR count). The van der Waals surface area contributed by atoms with E-state index in [4.69, 9.17) is 4.42 Å². The molecule has 0 spiro atoms. The van der Waals surface area contributed by atoms with Crippen LogP contribution in [0, 0.1) is 5.82 Å². The summed E-state index contributed by atoms with van der Waals surface area (Å²) < 4.78 is 18.3. The van der Waals surface area contributed by atoms with E-state index in [0.717, 1.165) is 0 Å². The van der Waals surface area contributed by atoms with Crippen molar-refractivity contribution in [2.24, 2.45) is 0 Å². The third kappa shape index (κ3) is 2.95. The van der Waals surface area contributed by atoms with Crippen LogP contribution in [0.3, 0.4) is 0 Å². The Kier molecular flexibility index (Phi) is 3.74. The second-order valence-corrected chi connectivity index (χ2v) is 3.76. The number of rotatable bonds is 4. The second-order valence-electron chi connectivity index (χ2n) is 3.76. The highest BCUT2D eigenvalue weighted by molar-refractivity contribution is 6.02. The highest BCUT2D eigenvalue weighted by Crippen LogP contribution is 2.13. The molecule has 0 atom stereocenters. The van der Waals surface area contributed by atoms with E-state index in [1.54, 1.807) is 25.2 Å². The first kappa shape index (κ1) is 12.3. The molecule has 0 fully saturated rings. The Morgan fingerprint density at radius 2 is 2.17 bits per heavy atom. The molecule has 1 heterocycles. The molecule has 0 unspecified atom stereocenters. The first-order chi connectivity index (χ1) is 8.69. The van der Waals surface area contributed by atoms with Gasteiger partial charge in [0.05, 0.1) is 6.54 Å². The molecule has 0 bridgehead atoms. The average molecular weight is 248 g/mol. The third-order valence-electron chi connectivity index (χ3n) is 2.32. The van der Waals surface area contributed by atoms with Crippen LogP contribution in [0.2, 0.25) is 0 Å². The lowest BCUT2D eigenvalue weighted by atomic mass is 10.3. The molecule has 0 radical (unpaired) electrons. The van der Waals surface area contributed by atoms with Crippen molar-refractivity contribution in [2.45, 2.75) is 6.54 Å². The van der Waals surface area contributed by atoms with Crippen LogP contribution in [-0.4, -0.2) is 13.0 Å². The van der Waals surface area contributed by atoms with Crippen LogP contribution >= 0.6 is 0 Å². The van der Waals surface area contributed by atoms with Gasteiger partial charge in [-0.15, -0.1) is 0 Å². The molecule has 1 amide bonds. The summed E-state index contributed by atoms with van der Waals surface area (Å²) in [6.07, 6.45) is 0. The Balaban J connectivity index is 2.07. The fraction of sp³-hybridized carbons (Fsp3) is 0.154. The van der Waals surface area contributed by atoms with E-state index in [2.05, 4.69) is 10.6 Å². The van der Waals surface area contributed by atoms with Gasteiger partial charge in [0, 0.05) is 5.69 Å². The number of furan rings is 1. The van der Waals surface area contributed by atoms with Gasteiger partial charge < -0.3 is 15.1 Å². The monoisotopic (exact) mass is 248 g/mol. The predicted molar refractivity (Wildman–Crippen MR) is 65.8 cm³/mol. The van der Waals surface area contributed by atoms with E-state index in [1.165, 1.54) is 18.2 Å². The highest BCUT2D eigenvalue weighted by atomic mass is 19.1. The molecular formula is C13H13FN2O2. The summed E-state index contributed by atoms with van der Waals surface area (Å²) in [4.78, 5) is 11.8. The lowest BCUT2D eigenvalue weighted by Gasteiger charge is -2.02. The molecule has 2 aromatic rings. The van der Waals surface area contributed by atoms with Crippen molar-refractivity contribution in [2.75, 3.05) is 12.4 Å². The molecule has 0 saturated heterocycles. The minimum Gasteiger partial charge on any atom is -0.455 e. The molecule has 1 aromatic heterocycles. The number of hydrogen-bond acceptors (Lipinski definition) is 3. The van der Waals surface area contributed by atoms with E-state index in [9.17, 15) is 9.18 Å². The van der Waals surface area contributed by atoms with Gasteiger partial charge >= 0.3 is 0 Å². The van der Waals surface area contributed by atoms with Gasteiger partial charge in [0.1, 0.15) is 11.6 Å². The number of anilines is 1. The zero-order valence-electron chi connectivity index (χ0n) is 9.87. The molecule has 1 aromatic carbocycles. The maximum absolute atomic E-state index is 12.9. The summed E-state index contributed by atoms with van der Waals surface area (Å²) in [5, 5.41) is 5.48. The van der Waals surface area contributed by atoms with Crippen LogP contribution in [0.4, 0.5) is 10.1 Å². The van der Waals surface area contributed by atoms with Crippen molar-refractivity contribution in [3.05, 3.63) is 53.7 Å². The van der Waals surface area contributed by atoms with Gasteiger partial charge in [-0.2, -0.15) is 0 Å². The van der Waals surface area contributed by atoms with Crippen LogP contribution < -0.4 is 10.6 Å². The average Bonchev–Trinajstić information content (AvgIpc) is 2.78. The summed E-state index contributed by atoms with van der Waals surface area (Å²) in [5.74, 6) is 0.0671. The molecule has 18 heavy (non-hydrogen) atoms. The molecule has 94 valence electrons. The molecule has 0 aliphatic heterocycles. The molecule has 0 aliphatic rings. The van der Waals surface area contributed by atoms with Crippen molar-refractivity contribution in [3.63, 3.8) is 0 Å². The first-order valence-electron chi connectivity index (χ1n) is 5.49. The minimum atomic E-state index is -0.400. The summed E-state index contributed by atoms with van der Waals surface area (Å²) in [6, 6.07) is 9.00. The lowest BCUT2D eigenvalue weighted by molar-refractivity contribution is 0.0995. The van der Waals surface area contributed by atoms with Crippen molar-refractivity contribution in [3.8, 4) is 0 Å². The zero-order valence-corrected chi connectivity index (χ0v) is 9.87. The molecule has 2 N–H and O–H groups in total. The Labute approximate surface area is 104 Å². The van der Waals surface area contributed by atoms with Crippen LogP contribution in [0.15, 0.2) is 40.8 Å². The topological polar surface area (TPSA) is 54.3 Å². The maximum Gasteiger partial charge on any atom is 0.291 e. The highest BCUT2D eigenvalue weighted by Gasteiger charge is 2.11. The van der Waals surface area contributed by atoms with Gasteiger partial charge in [0.2, 0.25) is 0 Å². The fourth-order valence-electron chi connectivity index (χ4n) is 1.53. The summed E-state index contributed by atoms with van der Waals surface area (Å²) in [5.41, 5.74) is 0.395. The minimum absolute atomic E-state index is 0.199. The van der Waals surface area contributed by atoms with Crippen molar-refractivity contribution < 1.29 is 13.6 Å². The maximum atomic E-state index is 12.9. The van der Waals surface area contributed by atoms with Crippen molar-refractivity contribution >= 4 is 11.6 Å². The number of halogens is 1. The lowest BCUT2D eigenvalue weighted by Crippen LogP contribution is -2.11. The Bertz CT molecular complexity index is 551. The number of benzene rings is 1. The summed E-state index contributed by atoms with van der Waals surface area (Å²) in [7, 11) is 1.79. The van der Waals surface area contributed by atoms with Crippen molar-refractivity contribution in [1.29, 1.82) is 0 Å². The van der Waals surface area contributed by atoms with Gasteiger partial charge in [-0.3, -0.25) is 4.79 Å². The SMILES string of the molecule is CNCc1ccc(C(=O)Nc2cccc(F)c2)o1. The molecule has 0 saturated carbocycles. The molecule has 0 aliphatic carbocycles. The van der Waals surface area contributed by atoms with Gasteiger partial charge in [-0.1, -0.05) is 6.07 Å². The third-order valence-corrected chi connectivity index (χ3v) is 2.32. The second kappa shape index (κ2) is 5.46. The van der Waals surface area contributed by atoms with Crippen LogP contribution in [0.1, 0.15) is 16.3 Å². The van der Waals surface area contributed by atoms with E-state index in [1.807, 2.05) is 0 Å². The predicted octanol–water partition coefficient (Wildman–Crippen LogP) is 2.39. The van der Waals surface area contributed by atoms with Crippen molar-refractivity contribution in [1.82, 2.24) is 5.32 Å². The van der Waals surface area contributed by atoms with Crippen LogP contribution in [0.25, 0.3) is 0 Å². The number of carbonyl (C=O) groups excluding carboxylic acids is 1. The fourth-order valence-corrected chi connectivity index (χ4v) is 1.53. The molecular weight excluding hydrogens is 235 g/mol. The standard InChI is InChI=1S/C13H13FN2O2/c1-15-8-11-5-6-12(18-11)13(17)16-10-4-2-3-9(14)7-10/h2-7,15H,8H2,1H3,(H,16,17). The first-order valence-corrected chi connectivity index (χ1v) is 5.49. The summed E-state index contributed by atoms with van der Waals surface area (Å²) in [6.45, 7) is 0.549. The normalized spacial score (nSPS) is 10.3. The summed E-state index contributed by atoms with van der Waals surface area (Å²) >= 11 is 0. The number of amides is 1. The van der Waals surface area contributed by atoms with E-state index < -0.39 is 11.7 Å². The zero-order chi connectivity index (χ0) is 13.0. The van der Waals surface area contributed by atoms with Crippen LogP contribution in [0.5, 0.6) is 0 Å². The molecule has 5 heteroatoms. The van der Waals surface area contributed by atoms with E-state index in [0.29, 0.717) is 18.0 Å². The Morgan fingerprint density at radius 1 is 1.33 bits per heavy atom. The Morgan fingerprint density at radius 3 is 2.89 bits per heavy atom. The number of nitrogens with one attached hydrogen (secondary N) is 2. The van der Waals surface area contributed by atoms with Gasteiger partial charge in [0.15, 0.2) is 5.76 Å². The number of carbonyl (C=O) groups is 1. The smallest absolute Gasteiger partial charge is 0.291 e. The van der Waals surface area contributed by atoms with E-state index >= 15 is 0 Å². The molecule has 4 nitrogen and oxygen atoms in total. The van der Waals surface area contributed by atoms with E-state index in [-0.39, 0.29) is 5.76 Å². The van der Waals surface area contributed by atoms with Gasteiger partial charge in [-0.05, 0) is 37.4 Å². The van der Waals surface area contributed by atoms with Crippen LogP contribution in [-0.2, 0) is 6.54 Å². The quantitative estimate of drug-likeness (QED) is 0.873. The van der Waals surface area contributed by atoms with Gasteiger partial charge in [0.25, 0.3) is 5.91 Å². The Hall–Kier alpha value is -2.14. The number of hydrogen-bond donors (Lipinski definition) is 2. The van der Waals surface area contributed by atoms with Gasteiger partial charge in [-0.25, -0.2) is 4.39 Å².